The third-order valence-corrected chi connectivity index (χ3v) is 4.74. The van der Waals surface area contributed by atoms with Gasteiger partial charge in [-0.1, -0.05) is 5.92 Å². The average Bonchev–Trinajstić information content (AvgIpc) is 3.24. The summed E-state index contributed by atoms with van der Waals surface area (Å²) >= 11 is 0. The van der Waals surface area contributed by atoms with Crippen LogP contribution in [0, 0.1) is 37.5 Å². The zero-order valence-electron chi connectivity index (χ0n) is 17.1. The molecule has 0 unspecified atom stereocenters. The van der Waals surface area contributed by atoms with Gasteiger partial charge in [-0.2, -0.15) is 15.2 Å². The lowest BCUT2D eigenvalue weighted by molar-refractivity contribution is 1.19. The second kappa shape index (κ2) is 8.40. The number of H-pyrrole nitrogens is 1. The molecule has 0 atom stereocenters. The number of aryl methyl sites for hydroxylation is 2. The van der Waals surface area contributed by atoms with Crippen LogP contribution in [0.1, 0.15) is 22.3 Å². The number of fused-ring (bicyclic) bond motifs is 1. The first-order chi connectivity index (χ1) is 15.1. The van der Waals surface area contributed by atoms with Crippen LogP contribution in [-0.4, -0.2) is 19.9 Å². The summed E-state index contributed by atoms with van der Waals surface area (Å²) < 4.78 is 0. The van der Waals surface area contributed by atoms with Crippen molar-refractivity contribution in [3.05, 3.63) is 71.1 Å². The Balaban J connectivity index is 1.69. The number of allylic oxidation sites excluding steroid dienone is 1. The van der Waals surface area contributed by atoms with Crippen molar-refractivity contribution >= 4 is 40.4 Å². The van der Waals surface area contributed by atoms with Gasteiger partial charge < -0.3 is 15.6 Å². The van der Waals surface area contributed by atoms with E-state index in [1.807, 2.05) is 56.3 Å². The van der Waals surface area contributed by atoms with Gasteiger partial charge in [0.2, 0.25) is 5.95 Å². The van der Waals surface area contributed by atoms with Gasteiger partial charge in [-0.3, -0.25) is 0 Å². The Morgan fingerprint density at radius 1 is 1.06 bits per heavy atom. The van der Waals surface area contributed by atoms with Crippen molar-refractivity contribution in [2.75, 3.05) is 10.6 Å². The Morgan fingerprint density at radius 2 is 1.81 bits per heavy atom. The Kier molecular flexibility index (Phi) is 5.33. The highest BCUT2D eigenvalue weighted by atomic mass is 15.2. The zero-order valence-corrected chi connectivity index (χ0v) is 17.1. The molecular weight excluding hydrogens is 386 g/mol. The lowest BCUT2D eigenvalue weighted by atomic mass is 10.0. The molecule has 7 nitrogen and oxygen atoms in total. The number of benzene rings is 2. The minimum Gasteiger partial charge on any atom is -0.340 e. The van der Waals surface area contributed by atoms with Crippen molar-refractivity contribution in [1.82, 2.24) is 19.9 Å². The molecule has 0 radical (unpaired) electrons. The van der Waals surface area contributed by atoms with E-state index in [2.05, 4.69) is 36.5 Å². The molecule has 0 aliphatic rings. The van der Waals surface area contributed by atoms with Crippen molar-refractivity contribution in [3.8, 4) is 18.4 Å². The van der Waals surface area contributed by atoms with Crippen LogP contribution in [-0.2, 0) is 0 Å². The fraction of sp³-hybridized carbons (Fsp3) is 0.0833. The van der Waals surface area contributed by atoms with E-state index in [1.165, 1.54) is 6.08 Å². The van der Waals surface area contributed by atoms with Crippen LogP contribution in [0.25, 0.3) is 17.2 Å². The first-order valence-corrected chi connectivity index (χ1v) is 9.56. The second-order valence-electron chi connectivity index (χ2n) is 6.96. The van der Waals surface area contributed by atoms with Gasteiger partial charge in [0.1, 0.15) is 5.52 Å². The Hall–Kier alpha value is -4.62. The number of anilines is 4. The van der Waals surface area contributed by atoms with E-state index in [4.69, 9.17) is 11.7 Å². The van der Waals surface area contributed by atoms with Gasteiger partial charge in [0.05, 0.1) is 12.4 Å². The smallest absolute Gasteiger partial charge is 0.231 e. The van der Waals surface area contributed by atoms with E-state index in [1.54, 1.807) is 12.4 Å². The SMILES string of the molecule is C#Cc1ccc(Nc2nc(Nc3c(C)cc(/C=C/C#N)cc3C)c3[nH]cnc3n2)cc1. The fourth-order valence-electron chi connectivity index (χ4n) is 3.30. The number of imidazole rings is 1. The predicted molar refractivity (Wildman–Crippen MR) is 123 cm³/mol. The number of aromatic amines is 1. The van der Waals surface area contributed by atoms with Crippen molar-refractivity contribution in [1.29, 1.82) is 5.26 Å². The lowest BCUT2D eigenvalue weighted by Gasteiger charge is -2.15. The van der Waals surface area contributed by atoms with E-state index < -0.39 is 0 Å². The lowest BCUT2D eigenvalue weighted by Crippen LogP contribution is -2.04. The van der Waals surface area contributed by atoms with Crippen LogP contribution in [0.2, 0.25) is 0 Å². The molecule has 0 fully saturated rings. The highest BCUT2D eigenvalue weighted by molar-refractivity contribution is 5.87. The predicted octanol–water partition coefficient (Wildman–Crippen LogP) is 4.98. The van der Waals surface area contributed by atoms with Crippen LogP contribution in [0.5, 0.6) is 0 Å². The molecule has 2 heterocycles. The maximum absolute atomic E-state index is 8.77. The number of nitriles is 1. The molecule has 2 aromatic heterocycles. The van der Waals surface area contributed by atoms with Gasteiger partial charge in [0.25, 0.3) is 0 Å². The number of aromatic nitrogens is 4. The number of hydrogen-bond donors (Lipinski definition) is 3. The monoisotopic (exact) mass is 405 g/mol. The summed E-state index contributed by atoms with van der Waals surface area (Å²) in [4.78, 5) is 16.5. The van der Waals surface area contributed by atoms with Crippen molar-refractivity contribution in [2.45, 2.75) is 13.8 Å². The summed E-state index contributed by atoms with van der Waals surface area (Å²) in [6.45, 7) is 4.02. The summed E-state index contributed by atoms with van der Waals surface area (Å²) in [6, 6.07) is 13.5. The van der Waals surface area contributed by atoms with E-state index in [0.29, 0.717) is 22.9 Å². The Bertz CT molecular complexity index is 1340. The molecule has 150 valence electrons. The number of nitrogens with one attached hydrogen (secondary N) is 3. The third kappa shape index (κ3) is 4.21. The molecule has 0 bridgehead atoms. The maximum Gasteiger partial charge on any atom is 0.231 e. The maximum atomic E-state index is 8.77. The van der Waals surface area contributed by atoms with Crippen LogP contribution in [0.3, 0.4) is 0 Å². The molecule has 0 amide bonds. The van der Waals surface area contributed by atoms with Gasteiger partial charge in [-0.25, -0.2) is 4.98 Å². The molecule has 7 heteroatoms. The van der Waals surface area contributed by atoms with E-state index in [-0.39, 0.29) is 0 Å². The highest BCUT2D eigenvalue weighted by Crippen LogP contribution is 2.29. The molecular formula is C24H19N7. The Labute approximate surface area is 179 Å². The summed E-state index contributed by atoms with van der Waals surface area (Å²) in [5, 5.41) is 15.4. The van der Waals surface area contributed by atoms with Gasteiger partial charge in [-0.05, 0) is 73.0 Å². The number of hydrogen-bond acceptors (Lipinski definition) is 6. The van der Waals surface area contributed by atoms with Gasteiger partial charge in [-0.15, -0.1) is 6.42 Å². The molecule has 0 aliphatic carbocycles. The summed E-state index contributed by atoms with van der Waals surface area (Å²) in [5.41, 5.74) is 6.84. The first-order valence-electron chi connectivity index (χ1n) is 9.56. The molecule has 0 aliphatic heterocycles. The normalized spacial score (nSPS) is 10.7. The third-order valence-electron chi connectivity index (χ3n) is 4.74. The van der Waals surface area contributed by atoms with Crippen LogP contribution >= 0.6 is 0 Å². The average molecular weight is 405 g/mol. The minimum atomic E-state index is 0.416. The molecule has 4 rings (SSSR count). The Morgan fingerprint density at radius 3 is 2.48 bits per heavy atom. The largest absolute Gasteiger partial charge is 0.340 e. The standard InChI is InChI=1S/C24H19N7/c1-4-17-7-9-19(10-8-17)28-24-30-22-21(26-14-27-22)23(31-24)29-20-15(2)12-18(6-5-11-25)13-16(20)3/h1,5-10,12-14H,2-3H3,(H3,26,27,28,29,30,31)/b6-5+. The second-order valence-corrected chi connectivity index (χ2v) is 6.96. The molecule has 0 saturated carbocycles. The number of rotatable bonds is 5. The van der Waals surface area contributed by atoms with Crippen LogP contribution in [0.15, 0.2) is 48.8 Å². The van der Waals surface area contributed by atoms with Crippen LogP contribution < -0.4 is 10.6 Å². The van der Waals surface area contributed by atoms with E-state index in [9.17, 15) is 0 Å². The zero-order chi connectivity index (χ0) is 21.8. The number of terminal acetylenes is 1. The molecule has 4 aromatic rings. The molecule has 2 aromatic carbocycles. The van der Waals surface area contributed by atoms with E-state index in [0.717, 1.165) is 33.6 Å². The topological polar surface area (TPSA) is 102 Å². The van der Waals surface area contributed by atoms with Crippen molar-refractivity contribution in [3.63, 3.8) is 0 Å². The first kappa shape index (κ1) is 19.7. The fourth-order valence-corrected chi connectivity index (χ4v) is 3.30. The molecule has 0 spiro atoms. The van der Waals surface area contributed by atoms with Crippen molar-refractivity contribution < 1.29 is 0 Å². The van der Waals surface area contributed by atoms with Gasteiger partial charge in [0.15, 0.2) is 11.5 Å². The summed E-state index contributed by atoms with van der Waals surface area (Å²) in [6.07, 6.45) is 10.3. The quantitative estimate of drug-likeness (QED) is 0.320. The van der Waals surface area contributed by atoms with E-state index >= 15 is 0 Å². The summed E-state index contributed by atoms with van der Waals surface area (Å²) in [7, 11) is 0. The van der Waals surface area contributed by atoms with Gasteiger partial charge >= 0.3 is 0 Å². The molecule has 31 heavy (non-hydrogen) atoms. The summed E-state index contributed by atoms with van der Waals surface area (Å²) in [5.74, 6) is 3.62. The molecule has 3 N–H and O–H groups in total. The minimum absolute atomic E-state index is 0.416. The highest BCUT2D eigenvalue weighted by Gasteiger charge is 2.13. The van der Waals surface area contributed by atoms with Crippen molar-refractivity contribution in [2.24, 2.45) is 0 Å². The number of nitrogens with zero attached hydrogens (tertiary/aromatic N) is 4. The molecule has 0 saturated heterocycles. The van der Waals surface area contributed by atoms with Gasteiger partial charge in [0, 0.05) is 23.0 Å². The van der Waals surface area contributed by atoms with Crippen LogP contribution in [0.4, 0.5) is 23.1 Å².